The van der Waals surface area contributed by atoms with Gasteiger partial charge in [0, 0.05) is 53.5 Å². The van der Waals surface area contributed by atoms with Gasteiger partial charge in [-0.25, -0.2) is 8.42 Å². The van der Waals surface area contributed by atoms with Crippen LogP contribution in [0.5, 0.6) is 0 Å². The van der Waals surface area contributed by atoms with Crippen molar-refractivity contribution >= 4 is 21.2 Å². The highest BCUT2D eigenvalue weighted by atomic mass is 32.2. The smallest absolute Gasteiger partial charge is 0.149 e. The monoisotopic (exact) mass is 468 g/mol. The number of aromatic nitrogens is 2. The highest BCUT2D eigenvalue weighted by Crippen LogP contribution is 2.47. The summed E-state index contributed by atoms with van der Waals surface area (Å²) in [6.45, 7) is 6.89. The molecular formula is C22H33N3O4S2. The van der Waals surface area contributed by atoms with E-state index < -0.39 is 16.4 Å². The van der Waals surface area contributed by atoms with Crippen LogP contribution in [-0.2, 0) is 51.0 Å². The minimum atomic E-state index is -3.00. The van der Waals surface area contributed by atoms with E-state index in [9.17, 15) is 8.42 Å². The Balaban J connectivity index is 1.42. The number of hydrogen-bond donors (Lipinski definition) is 0. The number of thiophene rings is 1. The van der Waals surface area contributed by atoms with E-state index in [1.807, 2.05) is 19.3 Å². The second-order valence-corrected chi connectivity index (χ2v) is 12.0. The standard InChI is InChI=1S/C22H33N3O4S2/c1-4-28-16-20-11-19-5-9-29-22(21(19)30-20)6-7-24(17(2)12-22)14-18-13-23-25(15-18)8-10-31(3,26)27/h11,13,15,17H,4-10,12,14,16H2,1-3H3/t17-,22+/m0/s1/i16D/t16?,17-,22+. The zero-order valence-electron chi connectivity index (χ0n) is 19.5. The molecule has 4 rings (SSSR count). The number of likely N-dealkylation sites (tertiary alicyclic amines) is 1. The van der Waals surface area contributed by atoms with E-state index in [0.717, 1.165) is 49.4 Å². The average Bonchev–Trinajstić information content (AvgIpc) is 3.36. The summed E-state index contributed by atoms with van der Waals surface area (Å²) in [6, 6.07) is 2.48. The molecule has 0 bridgehead atoms. The van der Waals surface area contributed by atoms with Crippen LogP contribution in [0.1, 0.15) is 48.9 Å². The maximum atomic E-state index is 11.4. The third-order valence-electron chi connectivity index (χ3n) is 6.17. The number of hydrogen-bond acceptors (Lipinski definition) is 7. The van der Waals surface area contributed by atoms with Crippen molar-refractivity contribution < 1.29 is 19.3 Å². The number of aryl methyl sites for hydroxylation is 1. The lowest BCUT2D eigenvalue weighted by molar-refractivity contribution is -0.110. The zero-order valence-corrected chi connectivity index (χ0v) is 20.2. The topological polar surface area (TPSA) is 73.7 Å². The molecular weight excluding hydrogens is 434 g/mol. The van der Waals surface area contributed by atoms with Crippen molar-refractivity contribution in [3.63, 3.8) is 0 Å². The SMILES string of the molecule is [2H]C(OCC)c1cc2c(s1)[C@]1(CCN(Cc3cnn(CCS(C)(=O)=O)c3)[C@@H](C)C1)OCC2. The first-order valence-electron chi connectivity index (χ1n) is 11.5. The molecule has 0 N–H and O–H groups in total. The second-order valence-electron chi connectivity index (χ2n) is 8.68. The third-order valence-corrected chi connectivity index (χ3v) is 8.38. The van der Waals surface area contributed by atoms with Crippen LogP contribution in [0.2, 0.25) is 0 Å². The lowest BCUT2D eigenvalue weighted by Crippen LogP contribution is -2.49. The summed E-state index contributed by atoms with van der Waals surface area (Å²) < 4.78 is 44.7. The largest absolute Gasteiger partial charge is 0.376 e. The van der Waals surface area contributed by atoms with Crippen LogP contribution < -0.4 is 0 Å². The Labute approximate surface area is 190 Å². The predicted octanol–water partition coefficient (Wildman–Crippen LogP) is 2.98. The summed E-state index contributed by atoms with van der Waals surface area (Å²) >= 11 is 1.69. The normalized spacial score (nSPS) is 26.0. The van der Waals surface area contributed by atoms with Crippen molar-refractivity contribution in [2.45, 2.75) is 64.4 Å². The van der Waals surface area contributed by atoms with Crippen molar-refractivity contribution in [1.82, 2.24) is 14.7 Å². The molecule has 2 aromatic rings. The van der Waals surface area contributed by atoms with Gasteiger partial charge in [0.25, 0.3) is 0 Å². The highest BCUT2D eigenvalue weighted by molar-refractivity contribution is 7.90. The minimum absolute atomic E-state index is 0.0989. The molecule has 0 aromatic carbocycles. The Morgan fingerprint density at radius 1 is 1.48 bits per heavy atom. The van der Waals surface area contributed by atoms with Gasteiger partial charge in [-0.05, 0) is 44.7 Å². The lowest BCUT2D eigenvalue weighted by atomic mass is 9.82. The fourth-order valence-corrected chi connectivity index (χ4v) is 6.39. The maximum Gasteiger partial charge on any atom is 0.149 e. The van der Waals surface area contributed by atoms with Gasteiger partial charge in [0.15, 0.2) is 0 Å². The van der Waals surface area contributed by atoms with Gasteiger partial charge < -0.3 is 9.47 Å². The second kappa shape index (κ2) is 9.31. The fourth-order valence-electron chi connectivity index (χ4n) is 4.60. The number of nitrogens with zero attached hydrogens (tertiary/aromatic N) is 3. The van der Waals surface area contributed by atoms with Gasteiger partial charge in [-0.3, -0.25) is 9.58 Å². The summed E-state index contributed by atoms with van der Waals surface area (Å²) in [6.07, 6.45) is 7.77. The van der Waals surface area contributed by atoms with Crippen molar-refractivity contribution in [3.05, 3.63) is 39.3 Å². The Morgan fingerprint density at radius 3 is 3.06 bits per heavy atom. The average molecular weight is 469 g/mol. The molecule has 7 nitrogen and oxygen atoms in total. The van der Waals surface area contributed by atoms with Crippen LogP contribution >= 0.6 is 11.3 Å². The molecule has 0 saturated carbocycles. The van der Waals surface area contributed by atoms with E-state index in [4.69, 9.17) is 10.8 Å². The van der Waals surface area contributed by atoms with Crippen LogP contribution in [0.3, 0.4) is 0 Å². The Hall–Kier alpha value is -1.26. The Kier molecular flexibility index (Phi) is 6.48. The summed E-state index contributed by atoms with van der Waals surface area (Å²) in [7, 11) is -3.00. The Morgan fingerprint density at radius 2 is 2.32 bits per heavy atom. The third kappa shape index (κ3) is 5.39. The zero-order chi connectivity index (χ0) is 22.9. The molecule has 1 saturated heterocycles. The van der Waals surface area contributed by atoms with Gasteiger partial charge in [-0.1, -0.05) is 0 Å². The molecule has 31 heavy (non-hydrogen) atoms. The molecule has 2 aliphatic rings. The Bertz CT molecular complexity index is 1040. The molecule has 172 valence electrons. The number of rotatable bonds is 8. The van der Waals surface area contributed by atoms with E-state index in [1.165, 1.54) is 16.7 Å². The van der Waals surface area contributed by atoms with Crippen molar-refractivity contribution in [1.29, 1.82) is 0 Å². The van der Waals surface area contributed by atoms with E-state index in [1.54, 1.807) is 16.0 Å². The molecule has 0 amide bonds. The van der Waals surface area contributed by atoms with Crippen molar-refractivity contribution in [2.24, 2.45) is 0 Å². The molecule has 4 heterocycles. The van der Waals surface area contributed by atoms with E-state index in [-0.39, 0.29) is 11.4 Å². The molecule has 0 aliphatic carbocycles. The van der Waals surface area contributed by atoms with Crippen LogP contribution in [0.4, 0.5) is 0 Å². The van der Waals surface area contributed by atoms with Gasteiger partial charge in [0.1, 0.15) is 15.4 Å². The number of ether oxygens (including phenoxy) is 2. The molecule has 1 fully saturated rings. The van der Waals surface area contributed by atoms with Crippen LogP contribution in [0, 0.1) is 0 Å². The van der Waals surface area contributed by atoms with Gasteiger partial charge in [-0.15, -0.1) is 11.3 Å². The maximum absolute atomic E-state index is 11.4. The molecule has 9 heteroatoms. The molecule has 1 unspecified atom stereocenters. The van der Waals surface area contributed by atoms with Gasteiger partial charge in [0.05, 0.1) is 33.1 Å². The van der Waals surface area contributed by atoms with Crippen molar-refractivity contribution in [2.75, 3.05) is 31.8 Å². The van der Waals surface area contributed by atoms with E-state index in [2.05, 4.69) is 23.0 Å². The van der Waals surface area contributed by atoms with E-state index in [0.29, 0.717) is 19.2 Å². The minimum Gasteiger partial charge on any atom is -0.376 e. The first-order valence-corrected chi connectivity index (χ1v) is 13.8. The van der Waals surface area contributed by atoms with Crippen LogP contribution in [0.15, 0.2) is 18.5 Å². The molecule has 2 aromatic heterocycles. The van der Waals surface area contributed by atoms with Gasteiger partial charge in [-0.2, -0.15) is 5.10 Å². The number of piperidine rings is 1. The summed E-state index contributed by atoms with van der Waals surface area (Å²) in [5.41, 5.74) is 2.15. The molecule has 1 spiro atoms. The molecule has 0 radical (unpaired) electrons. The quantitative estimate of drug-likeness (QED) is 0.593. The predicted molar refractivity (Wildman–Crippen MR) is 122 cm³/mol. The lowest BCUT2D eigenvalue weighted by Gasteiger charge is -2.47. The van der Waals surface area contributed by atoms with Crippen molar-refractivity contribution in [3.8, 4) is 0 Å². The van der Waals surface area contributed by atoms with Gasteiger partial charge >= 0.3 is 0 Å². The van der Waals surface area contributed by atoms with Gasteiger partial charge in [0.2, 0.25) is 0 Å². The summed E-state index contributed by atoms with van der Waals surface area (Å²) in [5, 5.41) is 4.33. The number of fused-ring (bicyclic) bond motifs is 2. The van der Waals surface area contributed by atoms with Crippen LogP contribution in [0.25, 0.3) is 0 Å². The summed E-state index contributed by atoms with van der Waals surface area (Å²) in [5.74, 6) is 0.0989. The summed E-state index contributed by atoms with van der Waals surface area (Å²) in [4.78, 5) is 4.71. The fraction of sp³-hybridized carbons (Fsp3) is 0.682. The van der Waals surface area contributed by atoms with Crippen LogP contribution in [-0.4, -0.2) is 60.9 Å². The molecule has 2 aliphatic heterocycles. The highest BCUT2D eigenvalue weighted by Gasteiger charge is 2.44. The first kappa shape index (κ1) is 21.6. The number of sulfone groups is 1. The molecule has 3 atom stereocenters. The first-order chi connectivity index (χ1) is 15.2. The van der Waals surface area contributed by atoms with E-state index >= 15 is 0 Å².